The van der Waals surface area contributed by atoms with E-state index < -0.39 is 16.1 Å². The highest BCUT2D eigenvalue weighted by atomic mass is 32.2. The van der Waals surface area contributed by atoms with Crippen LogP contribution in [0.25, 0.3) is 0 Å². The predicted molar refractivity (Wildman–Crippen MR) is 57.9 cm³/mol. The van der Waals surface area contributed by atoms with Crippen LogP contribution >= 0.6 is 0 Å². The lowest BCUT2D eigenvalue weighted by Gasteiger charge is -2.22. The molecule has 0 aromatic carbocycles. The first-order valence-corrected chi connectivity index (χ1v) is 6.98. The molecular formula is C9H18N2O3S. The Morgan fingerprint density at radius 2 is 2.27 bits per heavy atom. The van der Waals surface area contributed by atoms with E-state index in [1.54, 1.807) is 0 Å². The second-order valence-electron chi connectivity index (χ2n) is 3.78. The van der Waals surface area contributed by atoms with E-state index in [9.17, 15) is 13.2 Å². The van der Waals surface area contributed by atoms with Crippen LogP contribution in [0.3, 0.4) is 0 Å². The van der Waals surface area contributed by atoms with Crippen molar-refractivity contribution in [2.24, 2.45) is 0 Å². The molecule has 0 aliphatic carbocycles. The Morgan fingerprint density at radius 1 is 1.53 bits per heavy atom. The van der Waals surface area contributed by atoms with E-state index in [0.717, 1.165) is 12.8 Å². The first-order valence-electron chi connectivity index (χ1n) is 5.33. The van der Waals surface area contributed by atoms with Crippen molar-refractivity contribution in [3.63, 3.8) is 0 Å². The topological polar surface area (TPSA) is 75.3 Å². The van der Waals surface area contributed by atoms with Crippen molar-refractivity contribution in [2.75, 3.05) is 12.3 Å². The molecule has 1 aliphatic rings. The van der Waals surface area contributed by atoms with Crippen LogP contribution in [-0.4, -0.2) is 32.7 Å². The summed E-state index contributed by atoms with van der Waals surface area (Å²) in [6.45, 7) is 2.58. The van der Waals surface area contributed by atoms with E-state index in [2.05, 4.69) is 10.0 Å². The number of hydrogen-bond acceptors (Lipinski definition) is 3. The largest absolute Gasteiger partial charge is 0.355 e. The predicted octanol–water partition coefficient (Wildman–Crippen LogP) is -0.0155. The second kappa shape index (κ2) is 5.46. The van der Waals surface area contributed by atoms with E-state index in [1.165, 1.54) is 0 Å². The quantitative estimate of drug-likeness (QED) is 0.702. The molecule has 1 heterocycles. The minimum Gasteiger partial charge on any atom is -0.355 e. The molecule has 0 bridgehead atoms. The molecule has 88 valence electrons. The van der Waals surface area contributed by atoms with Crippen molar-refractivity contribution < 1.29 is 13.2 Å². The maximum Gasteiger partial charge on any atom is 0.238 e. The second-order valence-corrected chi connectivity index (χ2v) is 5.65. The van der Waals surface area contributed by atoms with Gasteiger partial charge in [-0.25, -0.2) is 13.1 Å². The fourth-order valence-corrected chi connectivity index (χ4v) is 2.94. The van der Waals surface area contributed by atoms with Gasteiger partial charge in [0.1, 0.15) is 6.04 Å². The van der Waals surface area contributed by atoms with Gasteiger partial charge in [0.25, 0.3) is 0 Å². The Bertz CT molecular complexity index is 313. The van der Waals surface area contributed by atoms with Crippen LogP contribution in [0.1, 0.15) is 32.6 Å². The minimum atomic E-state index is -3.29. The molecule has 15 heavy (non-hydrogen) atoms. The van der Waals surface area contributed by atoms with Gasteiger partial charge in [0.05, 0.1) is 5.75 Å². The number of piperidine rings is 1. The van der Waals surface area contributed by atoms with Crippen LogP contribution in [0.2, 0.25) is 0 Å². The Morgan fingerprint density at radius 3 is 2.87 bits per heavy atom. The number of rotatable bonds is 5. The van der Waals surface area contributed by atoms with Crippen molar-refractivity contribution >= 4 is 15.9 Å². The molecule has 0 aromatic rings. The SMILES string of the molecule is CCCCS(=O)(=O)NC1CCCNC1=O. The van der Waals surface area contributed by atoms with Crippen molar-refractivity contribution in [3.05, 3.63) is 0 Å². The number of nitrogens with one attached hydrogen (secondary N) is 2. The Hall–Kier alpha value is -0.620. The molecule has 1 rings (SSSR count). The highest BCUT2D eigenvalue weighted by Gasteiger charge is 2.26. The number of carbonyl (C=O) groups excluding carboxylic acids is 1. The van der Waals surface area contributed by atoms with Gasteiger partial charge in [-0.3, -0.25) is 4.79 Å². The summed E-state index contributed by atoms with van der Waals surface area (Å²) in [4.78, 5) is 11.3. The molecule has 5 nitrogen and oxygen atoms in total. The summed E-state index contributed by atoms with van der Waals surface area (Å²) in [5, 5.41) is 2.64. The van der Waals surface area contributed by atoms with Crippen LogP contribution in [0.4, 0.5) is 0 Å². The third-order valence-corrected chi connectivity index (χ3v) is 3.84. The molecule has 1 fully saturated rings. The summed E-state index contributed by atoms with van der Waals surface area (Å²) >= 11 is 0. The minimum absolute atomic E-state index is 0.104. The lowest BCUT2D eigenvalue weighted by atomic mass is 10.1. The van der Waals surface area contributed by atoms with E-state index in [0.29, 0.717) is 19.4 Å². The number of carbonyl (C=O) groups is 1. The molecule has 6 heteroatoms. The smallest absolute Gasteiger partial charge is 0.238 e. The Labute approximate surface area is 90.7 Å². The standard InChI is InChI=1S/C9H18N2O3S/c1-2-3-7-15(13,14)11-8-5-4-6-10-9(8)12/h8,11H,2-7H2,1H3,(H,10,12). The van der Waals surface area contributed by atoms with Gasteiger partial charge in [-0.2, -0.15) is 0 Å². The molecule has 1 amide bonds. The number of amides is 1. The lowest BCUT2D eigenvalue weighted by Crippen LogP contribution is -2.50. The lowest BCUT2D eigenvalue weighted by molar-refractivity contribution is -0.124. The van der Waals surface area contributed by atoms with Gasteiger partial charge in [-0.05, 0) is 19.3 Å². The van der Waals surface area contributed by atoms with Crippen molar-refractivity contribution in [3.8, 4) is 0 Å². The molecule has 2 N–H and O–H groups in total. The normalized spacial score (nSPS) is 22.5. The molecular weight excluding hydrogens is 216 g/mol. The van der Waals surface area contributed by atoms with Crippen molar-refractivity contribution in [1.82, 2.24) is 10.0 Å². The summed E-state index contributed by atoms with van der Waals surface area (Å²) in [5.41, 5.74) is 0. The zero-order valence-electron chi connectivity index (χ0n) is 8.95. The summed E-state index contributed by atoms with van der Waals surface area (Å²) in [6.07, 6.45) is 2.88. The molecule has 1 saturated heterocycles. The van der Waals surface area contributed by atoms with Gasteiger partial charge in [0, 0.05) is 6.54 Å². The van der Waals surface area contributed by atoms with E-state index in [1.807, 2.05) is 6.92 Å². The van der Waals surface area contributed by atoms with E-state index in [-0.39, 0.29) is 11.7 Å². The third kappa shape index (κ3) is 4.17. The first kappa shape index (κ1) is 12.4. The molecule has 1 aliphatic heterocycles. The number of hydrogen-bond donors (Lipinski definition) is 2. The number of sulfonamides is 1. The summed E-state index contributed by atoms with van der Waals surface area (Å²) in [6, 6.07) is -0.569. The fourth-order valence-electron chi connectivity index (χ4n) is 1.49. The monoisotopic (exact) mass is 234 g/mol. The fraction of sp³-hybridized carbons (Fsp3) is 0.889. The zero-order chi connectivity index (χ0) is 11.3. The molecule has 0 spiro atoms. The summed E-state index contributed by atoms with van der Waals surface area (Å²) in [7, 11) is -3.29. The van der Waals surface area contributed by atoms with Crippen molar-refractivity contribution in [2.45, 2.75) is 38.6 Å². The molecule has 0 saturated carbocycles. The van der Waals surface area contributed by atoms with Crippen LogP contribution in [0, 0.1) is 0 Å². The van der Waals surface area contributed by atoms with Gasteiger partial charge in [-0.15, -0.1) is 0 Å². The summed E-state index contributed by atoms with van der Waals surface area (Å²) < 4.78 is 25.5. The zero-order valence-corrected chi connectivity index (χ0v) is 9.77. The van der Waals surface area contributed by atoms with Gasteiger partial charge in [0.15, 0.2) is 0 Å². The van der Waals surface area contributed by atoms with Crippen LogP contribution in [-0.2, 0) is 14.8 Å². The highest BCUT2D eigenvalue weighted by Crippen LogP contribution is 2.05. The van der Waals surface area contributed by atoms with E-state index in [4.69, 9.17) is 0 Å². The van der Waals surface area contributed by atoms with Gasteiger partial charge in [0.2, 0.25) is 15.9 Å². The summed E-state index contributed by atoms with van der Waals surface area (Å²) in [5.74, 6) is -0.103. The average molecular weight is 234 g/mol. The van der Waals surface area contributed by atoms with E-state index >= 15 is 0 Å². The molecule has 0 aromatic heterocycles. The third-order valence-electron chi connectivity index (χ3n) is 2.37. The maximum atomic E-state index is 11.5. The van der Waals surface area contributed by atoms with Crippen LogP contribution in [0.15, 0.2) is 0 Å². The number of unbranched alkanes of at least 4 members (excludes halogenated alkanes) is 1. The van der Waals surface area contributed by atoms with Gasteiger partial charge < -0.3 is 5.32 Å². The Balaban J connectivity index is 2.48. The van der Waals surface area contributed by atoms with Gasteiger partial charge in [-0.1, -0.05) is 13.3 Å². The molecule has 1 atom stereocenters. The molecule has 0 radical (unpaired) electrons. The van der Waals surface area contributed by atoms with Crippen LogP contribution in [0.5, 0.6) is 0 Å². The van der Waals surface area contributed by atoms with Crippen molar-refractivity contribution in [1.29, 1.82) is 0 Å². The van der Waals surface area contributed by atoms with Gasteiger partial charge >= 0.3 is 0 Å². The van der Waals surface area contributed by atoms with Crippen LogP contribution < -0.4 is 10.0 Å². The highest BCUT2D eigenvalue weighted by molar-refractivity contribution is 7.89. The average Bonchev–Trinajstić information content (AvgIpc) is 2.18. The first-order chi connectivity index (χ1) is 7.05. The Kier molecular flexibility index (Phi) is 4.53. The maximum absolute atomic E-state index is 11.5. The molecule has 1 unspecified atom stereocenters.